The summed E-state index contributed by atoms with van der Waals surface area (Å²) in [5.74, 6) is 1.69. The fourth-order valence-electron chi connectivity index (χ4n) is 3.29. The van der Waals surface area contributed by atoms with Gasteiger partial charge in [0, 0.05) is 0 Å². The van der Waals surface area contributed by atoms with E-state index in [1.807, 2.05) is 53.4 Å². The molecule has 0 aliphatic carbocycles. The topological polar surface area (TPSA) is 95.3 Å². The summed E-state index contributed by atoms with van der Waals surface area (Å²) in [7, 11) is 1.60. The predicted octanol–water partition coefficient (Wildman–Crippen LogP) is 3.12. The fraction of sp³-hybridized carbons (Fsp3) is 0.100. The molecular weight excluding hydrogens is 328 g/mol. The molecule has 2 aromatic rings. The van der Waals surface area contributed by atoms with Crippen LogP contribution >= 0.6 is 0 Å². The van der Waals surface area contributed by atoms with Crippen molar-refractivity contribution in [1.29, 1.82) is 10.5 Å². The van der Waals surface area contributed by atoms with Crippen LogP contribution in [0.2, 0.25) is 0 Å². The van der Waals surface area contributed by atoms with Crippen LogP contribution in [0.4, 0.5) is 5.69 Å². The molecular formula is C20H14N4O2. The number of hydrogen-bond donors (Lipinski definition) is 1. The van der Waals surface area contributed by atoms with Crippen LogP contribution in [-0.4, -0.2) is 7.11 Å². The molecule has 0 saturated heterocycles. The molecule has 0 amide bonds. The number of nitrogens with zero attached hydrogens (tertiary/aromatic N) is 3. The Morgan fingerprint density at radius 1 is 1.08 bits per heavy atom. The minimum Gasteiger partial charge on any atom is -0.497 e. The third kappa shape index (κ3) is 2.10. The van der Waals surface area contributed by atoms with Crippen LogP contribution in [0, 0.1) is 22.7 Å². The molecule has 6 heteroatoms. The normalized spacial score (nSPS) is 17.8. The Labute approximate surface area is 150 Å². The first-order valence-corrected chi connectivity index (χ1v) is 7.94. The molecule has 2 N–H and O–H groups in total. The van der Waals surface area contributed by atoms with Crippen LogP contribution in [0.3, 0.4) is 0 Å². The molecule has 2 aliphatic heterocycles. The summed E-state index contributed by atoms with van der Waals surface area (Å²) in [6.07, 6.45) is 0. The number of nitrogens with two attached hydrogens (primary N) is 1. The molecule has 0 fully saturated rings. The predicted molar refractivity (Wildman–Crippen MR) is 94.7 cm³/mol. The Balaban J connectivity index is 1.96. The maximum absolute atomic E-state index is 9.76. The first-order valence-electron chi connectivity index (χ1n) is 7.94. The lowest BCUT2D eigenvalue weighted by Crippen LogP contribution is -2.34. The molecule has 2 aliphatic rings. The standard InChI is InChI=1S/C20H14N4O2/c1-25-13-8-6-12(7-9-13)19-14(10-21)18(23)15(11-22)20-24(19)16-4-2-3-5-17(16)26-20/h2-9,19H,23H2,1H3. The van der Waals surface area contributed by atoms with Crippen molar-refractivity contribution >= 4 is 5.69 Å². The zero-order chi connectivity index (χ0) is 18.3. The number of allylic oxidation sites excluding steroid dienone is 1. The largest absolute Gasteiger partial charge is 0.497 e. The van der Waals surface area contributed by atoms with Crippen molar-refractivity contribution in [1.82, 2.24) is 0 Å². The van der Waals surface area contributed by atoms with E-state index in [1.54, 1.807) is 7.11 Å². The highest BCUT2D eigenvalue weighted by atomic mass is 16.5. The highest BCUT2D eigenvalue weighted by Crippen LogP contribution is 2.50. The van der Waals surface area contributed by atoms with Gasteiger partial charge in [0.05, 0.1) is 36.2 Å². The van der Waals surface area contributed by atoms with Crippen molar-refractivity contribution in [3.63, 3.8) is 0 Å². The number of methoxy groups -OCH3 is 1. The average Bonchev–Trinajstić information content (AvgIpc) is 3.06. The highest BCUT2D eigenvalue weighted by Gasteiger charge is 2.42. The molecule has 2 heterocycles. The van der Waals surface area contributed by atoms with Gasteiger partial charge in [-0.3, -0.25) is 4.90 Å². The van der Waals surface area contributed by atoms with Crippen LogP contribution in [0.25, 0.3) is 0 Å². The summed E-state index contributed by atoms with van der Waals surface area (Å²) in [6, 6.07) is 18.6. The van der Waals surface area contributed by atoms with Gasteiger partial charge in [-0.15, -0.1) is 0 Å². The Kier molecular flexibility index (Phi) is 3.53. The molecule has 2 aromatic carbocycles. The summed E-state index contributed by atoms with van der Waals surface area (Å²) in [4.78, 5) is 1.85. The third-order valence-corrected chi connectivity index (χ3v) is 4.52. The molecule has 6 nitrogen and oxygen atoms in total. The molecule has 0 saturated carbocycles. The van der Waals surface area contributed by atoms with E-state index in [-0.39, 0.29) is 11.3 Å². The fourth-order valence-corrected chi connectivity index (χ4v) is 3.29. The van der Waals surface area contributed by atoms with Gasteiger partial charge < -0.3 is 15.2 Å². The van der Waals surface area contributed by atoms with Crippen LogP contribution in [0.5, 0.6) is 11.5 Å². The van der Waals surface area contributed by atoms with Gasteiger partial charge in [0.2, 0.25) is 5.88 Å². The van der Waals surface area contributed by atoms with Gasteiger partial charge in [0.15, 0.2) is 5.75 Å². The van der Waals surface area contributed by atoms with Gasteiger partial charge in [0.1, 0.15) is 17.4 Å². The monoisotopic (exact) mass is 342 g/mol. The number of anilines is 1. The summed E-state index contributed by atoms with van der Waals surface area (Å²) < 4.78 is 11.1. The highest BCUT2D eigenvalue weighted by molar-refractivity contribution is 5.75. The van der Waals surface area contributed by atoms with E-state index >= 15 is 0 Å². The summed E-state index contributed by atoms with van der Waals surface area (Å²) in [5.41, 5.74) is 8.43. The molecule has 26 heavy (non-hydrogen) atoms. The van der Waals surface area contributed by atoms with Crippen LogP contribution < -0.4 is 20.1 Å². The number of rotatable bonds is 2. The quantitative estimate of drug-likeness (QED) is 0.901. The molecule has 1 atom stereocenters. The summed E-state index contributed by atoms with van der Waals surface area (Å²) >= 11 is 0. The zero-order valence-electron chi connectivity index (χ0n) is 13.9. The first kappa shape index (κ1) is 15.6. The number of fused-ring (bicyclic) bond motifs is 3. The maximum Gasteiger partial charge on any atom is 0.221 e. The van der Waals surface area contributed by atoms with E-state index in [1.165, 1.54) is 0 Å². The minimum atomic E-state index is -0.485. The van der Waals surface area contributed by atoms with E-state index in [2.05, 4.69) is 12.1 Å². The van der Waals surface area contributed by atoms with E-state index in [9.17, 15) is 10.5 Å². The number of nitriles is 2. The van der Waals surface area contributed by atoms with Gasteiger partial charge in [-0.25, -0.2) is 0 Å². The number of benzene rings is 2. The number of ether oxygens (including phenoxy) is 2. The van der Waals surface area contributed by atoms with Crippen molar-refractivity contribution in [3.05, 3.63) is 76.8 Å². The zero-order valence-corrected chi connectivity index (χ0v) is 13.9. The lowest BCUT2D eigenvalue weighted by molar-refractivity contribution is 0.414. The first-order chi connectivity index (χ1) is 12.7. The van der Waals surface area contributed by atoms with Crippen LogP contribution in [0.15, 0.2) is 71.3 Å². The molecule has 4 rings (SSSR count). The van der Waals surface area contributed by atoms with Gasteiger partial charge in [0.25, 0.3) is 0 Å². The Morgan fingerprint density at radius 2 is 1.81 bits per heavy atom. The van der Waals surface area contributed by atoms with Gasteiger partial charge in [-0.05, 0) is 29.8 Å². The smallest absolute Gasteiger partial charge is 0.221 e. The Bertz CT molecular complexity index is 1040. The molecule has 0 spiro atoms. The Morgan fingerprint density at radius 3 is 2.46 bits per heavy atom. The van der Waals surface area contributed by atoms with Crippen molar-refractivity contribution < 1.29 is 9.47 Å². The number of para-hydroxylation sites is 2. The summed E-state index contributed by atoms with van der Waals surface area (Å²) in [6.45, 7) is 0. The molecule has 0 radical (unpaired) electrons. The van der Waals surface area contributed by atoms with E-state index in [0.29, 0.717) is 23.0 Å². The molecule has 0 bridgehead atoms. The Hall–Kier alpha value is -3.90. The second-order valence-electron chi connectivity index (χ2n) is 5.85. The average molecular weight is 342 g/mol. The van der Waals surface area contributed by atoms with Gasteiger partial charge in [-0.1, -0.05) is 24.3 Å². The second-order valence-corrected chi connectivity index (χ2v) is 5.85. The van der Waals surface area contributed by atoms with Crippen molar-refractivity contribution in [2.75, 3.05) is 12.0 Å². The van der Waals surface area contributed by atoms with Crippen molar-refractivity contribution in [2.45, 2.75) is 6.04 Å². The van der Waals surface area contributed by atoms with E-state index < -0.39 is 6.04 Å². The van der Waals surface area contributed by atoms with Gasteiger partial charge >= 0.3 is 0 Å². The second kappa shape index (κ2) is 5.87. The van der Waals surface area contributed by atoms with Crippen LogP contribution in [-0.2, 0) is 0 Å². The molecule has 1 unspecified atom stereocenters. The van der Waals surface area contributed by atoms with Crippen molar-refractivity contribution in [3.8, 4) is 23.6 Å². The lowest BCUT2D eigenvalue weighted by atomic mass is 9.90. The molecule has 126 valence electrons. The van der Waals surface area contributed by atoms with E-state index in [0.717, 1.165) is 11.3 Å². The molecule has 0 aromatic heterocycles. The minimum absolute atomic E-state index is 0.148. The lowest BCUT2D eigenvalue weighted by Gasteiger charge is -2.33. The van der Waals surface area contributed by atoms with Gasteiger partial charge in [-0.2, -0.15) is 10.5 Å². The van der Waals surface area contributed by atoms with Crippen molar-refractivity contribution in [2.24, 2.45) is 5.73 Å². The van der Waals surface area contributed by atoms with E-state index in [4.69, 9.17) is 15.2 Å². The third-order valence-electron chi connectivity index (χ3n) is 4.52. The SMILES string of the molecule is COc1ccc(C2C(C#N)=C(N)C(C#N)=C3Oc4ccccc4N32)cc1. The van der Waals surface area contributed by atoms with Crippen LogP contribution in [0.1, 0.15) is 11.6 Å². The summed E-state index contributed by atoms with van der Waals surface area (Å²) in [5, 5.41) is 19.3. The maximum atomic E-state index is 9.76. The number of hydrogen-bond acceptors (Lipinski definition) is 6.